The highest BCUT2D eigenvalue weighted by molar-refractivity contribution is 6.30. The molecule has 0 unspecified atom stereocenters. The molecule has 1 aromatic rings. The summed E-state index contributed by atoms with van der Waals surface area (Å²) >= 11 is 5.98. The molecule has 1 N–H and O–H groups in total. The first kappa shape index (κ1) is 12.0. The summed E-state index contributed by atoms with van der Waals surface area (Å²) in [5.41, 5.74) is 0.588. The molecule has 0 amide bonds. The summed E-state index contributed by atoms with van der Waals surface area (Å²) in [4.78, 5) is 0. The number of benzene rings is 1. The quantitative estimate of drug-likeness (QED) is 0.826. The molecule has 0 atom stereocenters. The largest absolute Gasteiger partial charge is 0.379 e. The number of hydrogen-bond donors (Lipinski definition) is 1. The molecule has 4 aliphatic rings. The van der Waals surface area contributed by atoms with Crippen molar-refractivity contribution in [1.82, 2.24) is 0 Å². The second-order valence-electron chi connectivity index (χ2n) is 6.73. The van der Waals surface area contributed by atoms with Crippen molar-refractivity contribution < 1.29 is 4.39 Å². The number of hydrogen-bond acceptors (Lipinski definition) is 1. The molecule has 1 aromatic carbocycles. The van der Waals surface area contributed by atoms with Gasteiger partial charge in [0.1, 0.15) is 5.82 Å². The lowest BCUT2D eigenvalue weighted by atomic mass is 9.54. The van der Waals surface area contributed by atoms with Crippen LogP contribution in [0.1, 0.15) is 32.1 Å². The van der Waals surface area contributed by atoms with Gasteiger partial charge in [0.05, 0.1) is 5.69 Å². The van der Waals surface area contributed by atoms with E-state index in [0.29, 0.717) is 16.8 Å². The van der Waals surface area contributed by atoms with Crippen molar-refractivity contribution in [3.05, 3.63) is 29.0 Å². The lowest BCUT2D eigenvalue weighted by Crippen LogP contribution is -2.51. The Morgan fingerprint density at radius 1 is 1.00 bits per heavy atom. The van der Waals surface area contributed by atoms with Gasteiger partial charge in [0.15, 0.2) is 0 Å². The monoisotopic (exact) mass is 279 g/mol. The van der Waals surface area contributed by atoms with Crippen molar-refractivity contribution in [2.45, 2.75) is 38.1 Å². The summed E-state index contributed by atoms with van der Waals surface area (Å²) in [6.07, 6.45) is 6.81. The molecule has 0 saturated heterocycles. The molecule has 0 radical (unpaired) electrons. The maximum atomic E-state index is 13.9. The molecule has 4 bridgehead atoms. The number of rotatable bonds is 2. The van der Waals surface area contributed by atoms with Gasteiger partial charge in [0.25, 0.3) is 0 Å². The van der Waals surface area contributed by atoms with Crippen LogP contribution in [0.4, 0.5) is 10.1 Å². The molecule has 4 fully saturated rings. The first-order valence-electron chi connectivity index (χ1n) is 7.40. The van der Waals surface area contributed by atoms with E-state index < -0.39 is 0 Å². The molecular weight excluding hydrogens is 261 g/mol. The van der Waals surface area contributed by atoms with Gasteiger partial charge in [-0.3, -0.25) is 0 Å². The fraction of sp³-hybridized carbons (Fsp3) is 0.625. The highest BCUT2D eigenvalue weighted by Gasteiger charge is 2.48. The van der Waals surface area contributed by atoms with E-state index in [2.05, 4.69) is 5.32 Å². The van der Waals surface area contributed by atoms with E-state index in [0.717, 1.165) is 23.7 Å². The van der Waals surface area contributed by atoms with Crippen LogP contribution in [-0.4, -0.2) is 6.04 Å². The third kappa shape index (κ3) is 2.05. The Labute approximate surface area is 118 Å². The van der Waals surface area contributed by atoms with Crippen molar-refractivity contribution in [3.63, 3.8) is 0 Å². The van der Waals surface area contributed by atoms with Gasteiger partial charge in [-0.05, 0) is 74.0 Å². The standard InChI is InChI=1S/C16H19ClFN/c17-13-1-2-14(18)15(8-13)19-16-11-4-9-3-10(6-11)7-12(16)5-9/h1-2,8-12,16,19H,3-7H2. The maximum Gasteiger partial charge on any atom is 0.146 e. The van der Waals surface area contributed by atoms with E-state index in [1.54, 1.807) is 12.1 Å². The van der Waals surface area contributed by atoms with Crippen molar-refractivity contribution in [2.24, 2.45) is 23.7 Å². The van der Waals surface area contributed by atoms with Crippen LogP contribution < -0.4 is 5.32 Å². The Balaban J connectivity index is 1.58. The molecule has 0 aromatic heterocycles. The van der Waals surface area contributed by atoms with Gasteiger partial charge in [-0.25, -0.2) is 4.39 Å². The lowest BCUT2D eigenvalue weighted by molar-refractivity contribution is 0.00744. The van der Waals surface area contributed by atoms with Gasteiger partial charge >= 0.3 is 0 Å². The normalized spacial score (nSPS) is 39.6. The minimum atomic E-state index is -0.182. The molecule has 1 nitrogen and oxygen atoms in total. The molecule has 0 spiro atoms. The van der Waals surface area contributed by atoms with Gasteiger partial charge in [0.2, 0.25) is 0 Å². The minimum Gasteiger partial charge on any atom is -0.379 e. The average Bonchev–Trinajstić information content (AvgIpc) is 2.37. The summed E-state index contributed by atoms with van der Waals surface area (Å²) in [7, 11) is 0. The van der Waals surface area contributed by atoms with Crippen LogP contribution in [-0.2, 0) is 0 Å². The third-order valence-corrected chi connectivity index (χ3v) is 5.71. The van der Waals surface area contributed by atoms with E-state index in [1.807, 2.05) is 0 Å². The summed E-state index contributed by atoms with van der Waals surface area (Å²) in [5, 5.41) is 4.08. The molecule has 19 heavy (non-hydrogen) atoms. The van der Waals surface area contributed by atoms with Crippen LogP contribution in [0.5, 0.6) is 0 Å². The van der Waals surface area contributed by atoms with Crippen molar-refractivity contribution in [1.29, 1.82) is 0 Å². The predicted molar refractivity (Wildman–Crippen MR) is 75.9 cm³/mol. The number of anilines is 1. The molecule has 0 aliphatic heterocycles. The zero-order valence-corrected chi connectivity index (χ0v) is 11.7. The van der Waals surface area contributed by atoms with Crippen molar-refractivity contribution in [2.75, 3.05) is 5.32 Å². The summed E-state index contributed by atoms with van der Waals surface area (Å²) in [6, 6.07) is 5.25. The Kier molecular flexibility index (Phi) is 2.77. The number of halogens is 2. The van der Waals surface area contributed by atoms with E-state index in [9.17, 15) is 4.39 Å². The summed E-state index contributed by atoms with van der Waals surface area (Å²) in [5.74, 6) is 3.21. The fourth-order valence-corrected chi connectivity index (χ4v) is 5.12. The molecule has 5 rings (SSSR count). The van der Waals surface area contributed by atoms with E-state index >= 15 is 0 Å². The highest BCUT2D eigenvalue weighted by Crippen LogP contribution is 2.54. The van der Waals surface area contributed by atoms with Crippen LogP contribution in [0.25, 0.3) is 0 Å². The average molecular weight is 280 g/mol. The molecule has 4 saturated carbocycles. The minimum absolute atomic E-state index is 0.182. The Morgan fingerprint density at radius 3 is 2.26 bits per heavy atom. The first-order valence-corrected chi connectivity index (χ1v) is 7.78. The molecule has 0 heterocycles. The topological polar surface area (TPSA) is 12.0 Å². The Morgan fingerprint density at radius 2 is 1.63 bits per heavy atom. The second-order valence-corrected chi connectivity index (χ2v) is 7.16. The van der Waals surface area contributed by atoms with E-state index in [4.69, 9.17) is 11.6 Å². The second kappa shape index (κ2) is 4.37. The third-order valence-electron chi connectivity index (χ3n) is 5.48. The smallest absolute Gasteiger partial charge is 0.146 e. The summed E-state index contributed by atoms with van der Waals surface area (Å²) in [6.45, 7) is 0. The maximum absolute atomic E-state index is 13.9. The van der Waals surface area contributed by atoms with Gasteiger partial charge in [-0.2, -0.15) is 0 Å². The summed E-state index contributed by atoms with van der Waals surface area (Å²) < 4.78 is 13.9. The fourth-order valence-electron chi connectivity index (χ4n) is 4.95. The van der Waals surface area contributed by atoms with Crippen LogP contribution >= 0.6 is 11.6 Å². The van der Waals surface area contributed by atoms with Crippen LogP contribution in [0.3, 0.4) is 0 Å². The van der Waals surface area contributed by atoms with E-state index in [-0.39, 0.29) is 5.82 Å². The molecule has 102 valence electrons. The molecule has 3 heteroatoms. The van der Waals surface area contributed by atoms with Crippen LogP contribution in [0.15, 0.2) is 18.2 Å². The van der Waals surface area contributed by atoms with Crippen LogP contribution in [0.2, 0.25) is 5.02 Å². The Bertz CT molecular complexity index is 474. The molecule has 4 aliphatic carbocycles. The number of nitrogens with one attached hydrogen (secondary N) is 1. The SMILES string of the molecule is Fc1ccc(Cl)cc1NC1C2CC3CC(C2)CC1C3. The zero-order valence-electron chi connectivity index (χ0n) is 10.9. The highest BCUT2D eigenvalue weighted by atomic mass is 35.5. The Hall–Kier alpha value is -0.760. The lowest BCUT2D eigenvalue weighted by Gasteiger charge is -2.54. The van der Waals surface area contributed by atoms with Gasteiger partial charge < -0.3 is 5.32 Å². The van der Waals surface area contributed by atoms with Crippen molar-refractivity contribution in [3.8, 4) is 0 Å². The van der Waals surface area contributed by atoms with Crippen LogP contribution in [0, 0.1) is 29.5 Å². The predicted octanol–water partition coefficient (Wildman–Crippen LogP) is 4.72. The van der Waals surface area contributed by atoms with Crippen molar-refractivity contribution >= 4 is 17.3 Å². The van der Waals surface area contributed by atoms with E-state index in [1.165, 1.54) is 38.2 Å². The van der Waals surface area contributed by atoms with Gasteiger partial charge in [-0.15, -0.1) is 0 Å². The zero-order chi connectivity index (χ0) is 13.0. The van der Waals surface area contributed by atoms with Gasteiger partial charge in [0, 0.05) is 11.1 Å². The first-order chi connectivity index (χ1) is 9.19. The van der Waals surface area contributed by atoms with Gasteiger partial charge in [-0.1, -0.05) is 11.6 Å². The molecular formula is C16H19ClFN.